The summed E-state index contributed by atoms with van der Waals surface area (Å²) in [4.78, 5) is 15.6. The molecule has 4 aromatic rings. The summed E-state index contributed by atoms with van der Waals surface area (Å²) in [7, 11) is 0. The number of anilines is 3. The Morgan fingerprint density at radius 3 is 2.35 bits per heavy atom. The lowest BCUT2D eigenvalue weighted by Crippen LogP contribution is -2.07. The van der Waals surface area contributed by atoms with Crippen LogP contribution in [0, 0.1) is 0 Å². The zero-order valence-corrected chi connectivity index (χ0v) is 18.7. The van der Waals surface area contributed by atoms with Crippen molar-refractivity contribution >= 4 is 69.5 Å². The number of benzene rings is 2. The number of fused-ring (bicyclic) bond motifs is 1. The normalized spacial score (nSPS) is 10.4. The second kappa shape index (κ2) is 9.92. The smallest absolute Gasteiger partial charge is 0.221 e. The fourth-order valence-corrected chi connectivity index (χ4v) is 3.42. The molecule has 0 radical (unpaired) electrons. The van der Waals surface area contributed by atoms with Crippen molar-refractivity contribution in [3.8, 4) is 0 Å². The Bertz CT molecular complexity index is 1230. The fraction of sp³-hybridized carbons (Fsp3) is 0.0909. The van der Waals surface area contributed by atoms with Gasteiger partial charge < -0.3 is 10.6 Å². The lowest BCUT2D eigenvalue weighted by molar-refractivity contribution is -0.114. The minimum absolute atomic E-state index is 0. The molecule has 6 nitrogen and oxygen atoms in total. The molecule has 4 rings (SSSR count). The number of nitrogens with one attached hydrogen (secondary N) is 2. The molecule has 0 aliphatic carbocycles. The van der Waals surface area contributed by atoms with E-state index in [-0.39, 0.29) is 18.3 Å². The molecule has 2 aromatic heterocycles. The van der Waals surface area contributed by atoms with Crippen molar-refractivity contribution < 1.29 is 4.79 Å². The quantitative estimate of drug-likeness (QED) is 0.368. The Kier molecular flexibility index (Phi) is 7.28. The van der Waals surface area contributed by atoms with Crippen LogP contribution in [0.2, 0.25) is 10.0 Å². The first kappa shape index (κ1) is 22.7. The average molecular weight is 475 g/mol. The third kappa shape index (κ3) is 5.41. The van der Waals surface area contributed by atoms with Crippen LogP contribution in [-0.2, 0) is 11.2 Å². The first-order chi connectivity index (χ1) is 14.5. The molecule has 31 heavy (non-hydrogen) atoms. The molecule has 2 aromatic carbocycles. The Labute approximate surface area is 195 Å². The Balaban J connectivity index is 0.00000272. The van der Waals surface area contributed by atoms with Crippen LogP contribution < -0.4 is 10.6 Å². The lowest BCUT2D eigenvalue weighted by Gasteiger charge is -2.13. The van der Waals surface area contributed by atoms with Gasteiger partial charge in [-0.1, -0.05) is 29.3 Å². The fourth-order valence-electron chi connectivity index (χ4n) is 3.12. The van der Waals surface area contributed by atoms with Crippen LogP contribution in [0.4, 0.5) is 17.2 Å². The maximum Gasteiger partial charge on any atom is 0.221 e. The van der Waals surface area contributed by atoms with Gasteiger partial charge >= 0.3 is 0 Å². The van der Waals surface area contributed by atoms with Gasteiger partial charge in [0.15, 0.2) is 5.82 Å². The summed E-state index contributed by atoms with van der Waals surface area (Å²) in [6.07, 6.45) is 4.11. The number of rotatable bonds is 5. The molecule has 158 valence electrons. The predicted molar refractivity (Wildman–Crippen MR) is 128 cm³/mol. The van der Waals surface area contributed by atoms with E-state index >= 15 is 0 Å². The van der Waals surface area contributed by atoms with Crippen molar-refractivity contribution in [2.24, 2.45) is 0 Å². The monoisotopic (exact) mass is 473 g/mol. The molecule has 0 spiro atoms. The van der Waals surface area contributed by atoms with Crippen molar-refractivity contribution in [1.29, 1.82) is 0 Å². The molecule has 0 fully saturated rings. The molecule has 0 bridgehead atoms. The van der Waals surface area contributed by atoms with E-state index < -0.39 is 0 Å². The van der Waals surface area contributed by atoms with Crippen molar-refractivity contribution in [3.63, 3.8) is 0 Å². The van der Waals surface area contributed by atoms with E-state index in [0.717, 1.165) is 27.7 Å². The Morgan fingerprint density at radius 2 is 1.65 bits per heavy atom. The van der Waals surface area contributed by atoms with E-state index in [9.17, 15) is 4.79 Å². The van der Waals surface area contributed by atoms with Crippen LogP contribution in [0.15, 0.2) is 60.9 Å². The maximum absolute atomic E-state index is 11.5. The van der Waals surface area contributed by atoms with Gasteiger partial charge in [-0.05, 0) is 48.0 Å². The molecule has 0 aliphatic rings. The summed E-state index contributed by atoms with van der Waals surface area (Å²) in [6, 6.07) is 14.8. The van der Waals surface area contributed by atoms with Crippen molar-refractivity contribution in [2.75, 3.05) is 10.6 Å². The molecule has 0 saturated heterocycles. The molecule has 2 heterocycles. The van der Waals surface area contributed by atoms with Crippen LogP contribution in [0.1, 0.15) is 18.2 Å². The molecule has 9 heteroatoms. The summed E-state index contributed by atoms with van der Waals surface area (Å²) < 4.78 is 0. The summed E-state index contributed by atoms with van der Waals surface area (Å²) in [5.74, 6) is 0.404. The highest BCUT2D eigenvalue weighted by Gasteiger charge is 2.12. The van der Waals surface area contributed by atoms with Gasteiger partial charge in [0.25, 0.3) is 0 Å². The third-order valence-electron chi connectivity index (χ3n) is 4.48. The molecule has 0 atom stereocenters. The average Bonchev–Trinajstić information content (AvgIpc) is 2.73. The van der Waals surface area contributed by atoms with Gasteiger partial charge in [0.1, 0.15) is 0 Å². The maximum atomic E-state index is 11.5. The number of pyridine rings is 1. The van der Waals surface area contributed by atoms with Gasteiger partial charge in [-0.25, -0.2) is 0 Å². The third-order valence-corrected chi connectivity index (χ3v) is 5.22. The molecule has 0 unspecified atom stereocenters. The van der Waals surface area contributed by atoms with Gasteiger partial charge in [0.05, 0.1) is 15.7 Å². The SMILES string of the molecule is CC(=O)Nc1ccc2c(Cc3ccncc3)nnc(Nc3ccc(Cl)c(Cl)c3)c2c1.Cl. The highest BCUT2D eigenvalue weighted by Crippen LogP contribution is 2.31. The van der Waals surface area contributed by atoms with E-state index in [1.54, 1.807) is 24.5 Å². The standard InChI is InChI=1S/C22H17Cl2N5O.ClH/c1-13(30)26-15-2-4-17-18(11-15)22(27-16-3-5-19(23)20(24)12-16)29-28-21(17)10-14-6-8-25-9-7-14;/h2-9,11-12H,10H2,1H3,(H,26,30)(H,27,29);1H. The number of halogens is 3. The second-order valence-electron chi connectivity index (χ2n) is 6.72. The predicted octanol–water partition coefficient (Wildman–Crippen LogP) is 6.05. The zero-order chi connectivity index (χ0) is 21.1. The largest absolute Gasteiger partial charge is 0.338 e. The summed E-state index contributed by atoms with van der Waals surface area (Å²) >= 11 is 12.1. The number of aromatic nitrogens is 3. The number of hydrogen-bond acceptors (Lipinski definition) is 5. The number of nitrogens with zero attached hydrogens (tertiary/aromatic N) is 3. The zero-order valence-electron chi connectivity index (χ0n) is 16.4. The van der Waals surface area contributed by atoms with Crippen LogP contribution in [0.25, 0.3) is 10.8 Å². The first-order valence-electron chi connectivity index (χ1n) is 9.17. The number of amides is 1. The van der Waals surface area contributed by atoms with Crippen LogP contribution in [0.3, 0.4) is 0 Å². The number of carbonyl (C=O) groups is 1. The molecular formula is C22H18Cl3N5O. The van der Waals surface area contributed by atoms with Gasteiger partial charge in [-0.15, -0.1) is 17.5 Å². The van der Waals surface area contributed by atoms with E-state index in [1.807, 2.05) is 36.4 Å². The Morgan fingerprint density at radius 1 is 0.903 bits per heavy atom. The van der Waals surface area contributed by atoms with E-state index in [4.69, 9.17) is 23.2 Å². The van der Waals surface area contributed by atoms with E-state index in [1.165, 1.54) is 6.92 Å². The second-order valence-corrected chi connectivity index (χ2v) is 7.54. The van der Waals surface area contributed by atoms with Gasteiger partial charge in [-0.3, -0.25) is 9.78 Å². The lowest BCUT2D eigenvalue weighted by atomic mass is 10.0. The molecule has 0 aliphatic heterocycles. The van der Waals surface area contributed by atoms with Crippen molar-refractivity contribution in [3.05, 3.63) is 82.2 Å². The molecule has 0 saturated carbocycles. The number of hydrogen-bond donors (Lipinski definition) is 2. The van der Waals surface area contributed by atoms with Crippen molar-refractivity contribution in [2.45, 2.75) is 13.3 Å². The van der Waals surface area contributed by atoms with Crippen LogP contribution in [0.5, 0.6) is 0 Å². The Hall–Kier alpha value is -2.93. The minimum atomic E-state index is -0.146. The molecule has 2 N–H and O–H groups in total. The minimum Gasteiger partial charge on any atom is -0.338 e. The summed E-state index contributed by atoms with van der Waals surface area (Å²) in [5, 5.41) is 17.6. The summed E-state index contributed by atoms with van der Waals surface area (Å²) in [6.45, 7) is 1.47. The van der Waals surface area contributed by atoms with Gasteiger partial charge in [0.2, 0.25) is 5.91 Å². The van der Waals surface area contributed by atoms with E-state index in [0.29, 0.717) is 28.0 Å². The molecule has 1 amide bonds. The van der Waals surface area contributed by atoms with Crippen molar-refractivity contribution in [1.82, 2.24) is 15.2 Å². The van der Waals surface area contributed by atoms with Gasteiger partial charge in [-0.2, -0.15) is 5.10 Å². The van der Waals surface area contributed by atoms with E-state index in [2.05, 4.69) is 25.8 Å². The molecular weight excluding hydrogens is 457 g/mol. The van der Waals surface area contributed by atoms with Crippen LogP contribution >= 0.6 is 35.6 Å². The summed E-state index contributed by atoms with van der Waals surface area (Å²) in [5.41, 5.74) is 3.31. The van der Waals surface area contributed by atoms with Crippen LogP contribution in [-0.4, -0.2) is 21.1 Å². The number of carbonyl (C=O) groups excluding carboxylic acids is 1. The van der Waals surface area contributed by atoms with Gasteiger partial charge in [0, 0.05) is 47.9 Å². The highest BCUT2D eigenvalue weighted by atomic mass is 35.5. The first-order valence-corrected chi connectivity index (χ1v) is 9.93. The highest BCUT2D eigenvalue weighted by molar-refractivity contribution is 6.42. The topological polar surface area (TPSA) is 79.8 Å².